The monoisotopic (exact) mass is 267 g/mol. The summed E-state index contributed by atoms with van der Waals surface area (Å²) in [6.45, 7) is 0.582. The van der Waals surface area contributed by atoms with Crippen LogP contribution in [-0.4, -0.2) is 18.6 Å². The summed E-state index contributed by atoms with van der Waals surface area (Å²) in [5.74, 6) is -4.60. The first-order valence-corrected chi connectivity index (χ1v) is 5.52. The van der Waals surface area contributed by atoms with E-state index in [1.165, 1.54) is 0 Å². The van der Waals surface area contributed by atoms with Gasteiger partial charge in [-0.2, -0.15) is 22.0 Å². The highest BCUT2D eigenvalue weighted by Gasteiger charge is 2.56. The van der Waals surface area contributed by atoms with Crippen LogP contribution in [0.5, 0.6) is 0 Å². The van der Waals surface area contributed by atoms with E-state index < -0.39 is 18.5 Å². The van der Waals surface area contributed by atoms with Gasteiger partial charge < -0.3 is 5.32 Å². The van der Waals surface area contributed by atoms with Crippen LogP contribution in [0.2, 0.25) is 0 Å². The number of benzene rings is 1. The second-order valence-corrected chi connectivity index (χ2v) is 3.97. The second kappa shape index (κ2) is 6.13. The lowest BCUT2D eigenvalue weighted by molar-refractivity contribution is -0.284. The van der Waals surface area contributed by atoms with E-state index in [9.17, 15) is 22.0 Å². The fraction of sp³-hybridized carbons (Fsp3) is 0.500. The SMILES string of the molecule is FC(F)(F)C(F)(F)CCCNCc1ccccc1. The van der Waals surface area contributed by atoms with E-state index in [1.54, 1.807) is 0 Å². The molecule has 0 aliphatic rings. The first-order valence-electron chi connectivity index (χ1n) is 5.52. The van der Waals surface area contributed by atoms with Gasteiger partial charge in [-0.25, -0.2) is 0 Å². The summed E-state index contributed by atoms with van der Waals surface area (Å²) >= 11 is 0. The number of hydrogen-bond donors (Lipinski definition) is 1. The fourth-order valence-corrected chi connectivity index (χ4v) is 1.41. The number of rotatable bonds is 6. The highest BCUT2D eigenvalue weighted by Crippen LogP contribution is 2.38. The zero-order chi connectivity index (χ0) is 13.6. The Balaban J connectivity index is 2.20. The van der Waals surface area contributed by atoms with Gasteiger partial charge in [0, 0.05) is 13.0 Å². The van der Waals surface area contributed by atoms with Crippen LogP contribution >= 0.6 is 0 Å². The van der Waals surface area contributed by atoms with Gasteiger partial charge in [0.05, 0.1) is 0 Å². The summed E-state index contributed by atoms with van der Waals surface area (Å²) in [4.78, 5) is 0. The minimum atomic E-state index is -5.45. The van der Waals surface area contributed by atoms with Gasteiger partial charge in [-0.05, 0) is 18.5 Å². The van der Waals surface area contributed by atoms with Crippen molar-refractivity contribution >= 4 is 0 Å². The molecule has 1 N–H and O–H groups in total. The maximum absolute atomic E-state index is 12.5. The molecular formula is C12H14F5N. The van der Waals surface area contributed by atoms with Crippen LogP contribution in [0.3, 0.4) is 0 Å². The molecule has 0 aliphatic carbocycles. The maximum Gasteiger partial charge on any atom is 0.453 e. The van der Waals surface area contributed by atoms with Crippen LogP contribution in [0.15, 0.2) is 30.3 Å². The van der Waals surface area contributed by atoms with Crippen molar-refractivity contribution in [3.63, 3.8) is 0 Å². The molecule has 0 aromatic heterocycles. The molecule has 0 unspecified atom stereocenters. The molecule has 0 saturated carbocycles. The van der Waals surface area contributed by atoms with Crippen LogP contribution in [0.25, 0.3) is 0 Å². The summed E-state index contributed by atoms with van der Waals surface area (Å²) in [5, 5.41) is 2.83. The molecule has 102 valence electrons. The zero-order valence-electron chi connectivity index (χ0n) is 9.61. The molecule has 1 rings (SSSR count). The molecule has 0 heterocycles. The second-order valence-electron chi connectivity index (χ2n) is 3.97. The number of halogens is 5. The van der Waals surface area contributed by atoms with E-state index in [0.29, 0.717) is 6.54 Å². The molecule has 0 fully saturated rings. The molecule has 6 heteroatoms. The summed E-state index contributed by atoms with van der Waals surface area (Å²) in [6, 6.07) is 9.19. The fourth-order valence-electron chi connectivity index (χ4n) is 1.41. The average Bonchev–Trinajstić information content (AvgIpc) is 2.28. The van der Waals surface area contributed by atoms with Crippen molar-refractivity contribution in [2.45, 2.75) is 31.5 Å². The first kappa shape index (κ1) is 14.9. The molecule has 1 aromatic carbocycles. The van der Waals surface area contributed by atoms with E-state index in [2.05, 4.69) is 5.32 Å². The van der Waals surface area contributed by atoms with Gasteiger partial charge in [0.2, 0.25) is 0 Å². The Morgan fingerprint density at radius 1 is 0.944 bits per heavy atom. The summed E-state index contributed by atoms with van der Waals surface area (Å²) < 4.78 is 60.6. The Labute approximate surface area is 102 Å². The Bertz CT molecular complexity index is 347. The molecule has 0 bridgehead atoms. The number of nitrogens with one attached hydrogen (secondary N) is 1. The third-order valence-electron chi connectivity index (χ3n) is 2.43. The van der Waals surface area contributed by atoms with Gasteiger partial charge in [-0.1, -0.05) is 30.3 Å². The van der Waals surface area contributed by atoms with E-state index in [4.69, 9.17) is 0 Å². The van der Waals surface area contributed by atoms with Crippen molar-refractivity contribution in [1.82, 2.24) is 5.32 Å². The molecule has 0 atom stereocenters. The van der Waals surface area contributed by atoms with Crippen LogP contribution in [0.4, 0.5) is 22.0 Å². The van der Waals surface area contributed by atoms with E-state index in [1.807, 2.05) is 30.3 Å². The van der Waals surface area contributed by atoms with Crippen LogP contribution in [0, 0.1) is 0 Å². The standard InChI is InChI=1S/C12H14F5N/c13-11(14,12(15,16)17)7-4-8-18-9-10-5-2-1-3-6-10/h1-3,5-6,18H,4,7-9H2. The predicted molar refractivity (Wildman–Crippen MR) is 58.4 cm³/mol. The van der Waals surface area contributed by atoms with Crippen LogP contribution in [-0.2, 0) is 6.54 Å². The zero-order valence-corrected chi connectivity index (χ0v) is 9.61. The third-order valence-corrected chi connectivity index (χ3v) is 2.43. The van der Waals surface area contributed by atoms with Gasteiger partial charge in [0.15, 0.2) is 0 Å². The predicted octanol–water partition coefficient (Wildman–Crippen LogP) is 3.75. The minimum Gasteiger partial charge on any atom is -0.313 e. The largest absolute Gasteiger partial charge is 0.453 e. The van der Waals surface area contributed by atoms with Gasteiger partial charge in [-0.3, -0.25) is 0 Å². The highest BCUT2D eigenvalue weighted by molar-refractivity contribution is 5.14. The Morgan fingerprint density at radius 2 is 1.56 bits per heavy atom. The summed E-state index contributed by atoms with van der Waals surface area (Å²) in [6.07, 6.45) is -6.86. The average molecular weight is 267 g/mol. The normalized spacial score (nSPS) is 12.7. The number of alkyl halides is 5. The van der Waals surface area contributed by atoms with Crippen molar-refractivity contribution in [2.75, 3.05) is 6.54 Å². The van der Waals surface area contributed by atoms with Gasteiger partial charge >= 0.3 is 12.1 Å². The first-order chi connectivity index (χ1) is 8.33. The molecule has 1 aromatic rings. The molecule has 18 heavy (non-hydrogen) atoms. The molecule has 0 radical (unpaired) electrons. The topological polar surface area (TPSA) is 12.0 Å². The molecule has 0 saturated heterocycles. The Hall–Kier alpha value is -1.17. The van der Waals surface area contributed by atoms with Crippen molar-refractivity contribution in [3.8, 4) is 0 Å². The molecule has 0 amide bonds. The lowest BCUT2D eigenvalue weighted by Gasteiger charge is -2.19. The van der Waals surface area contributed by atoms with Crippen LogP contribution in [0.1, 0.15) is 18.4 Å². The molecular weight excluding hydrogens is 253 g/mol. The molecule has 1 nitrogen and oxygen atoms in total. The van der Waals surface area contributed by atoms with Crippen molar-refractivity contribution in [3.05, 3.63) is 35.9 Å². The maximum atomic E-state index is 12.5. The van der Waals surface area contributed by atoms with Crippen LogP contribution < -0.4 is 5.32 Å². The third kappa shape index (κ3) is 4.60. The summed E-state index contributed by atoms with van der Waals surface area (Å²) in [7, 11) is 0. The van der Waals surface area contributed by atoms with Gasteiger partial charge in [0.1, 0.15) is 0 Å². The highest BCUT2D eigenvalue weighted by atomic mass is 19.4. The van der Waals surface area contributed by atoms with Gasteiger partial charge in [-0.15, -0.1) is 0 Å². The quantitative estimate of drug-likeness (QED) is 0.611. The lowest BCUT2D eigenvalue weighted by Crippen LogP contribution is -2.36. The van der Waals surface area contributed by atoms with Gasteiger partial charge in [0.25, 0.3) is 0 Å². The molecule has 0 spiro atoms. The molecule has 0 aliphatic heterocycles. The summed E-state index contributed by atoms with van der Waals surface area (Å²) in [5.41, 5.74) is 0.958. The Morgan fingerprint density at radius 3 is 2.11 bits per heavy atom. The smallest absolute Gasteiger partial charge is 0.313 e. The van der Waals surface area contributed by atoms with E-state index in [-0.39, 0.29) is 13.0 Å². The van der Waals surface area contributed by atoms with E-state index >= 15 is 0 Å². The Kier molecular flexibility index (Phi) is 5.07. The van der Waals surface area contributed by atoms with Crippen molar-refractivity contribution in [1.29, 1.82) is 0 Å². The van der Waals surface area contributed by atoms with Crippen molar-refractivity contribution < 1.29 is 22.0 Å². The number of hydrogen-bond acceptors (Lipinski definition) is 1. The van der Waals surface area contributed by atoms with Crippen molar-refractivity contribution in [2.24, 2.45) is 0 Å². The lowest BCUT2D eigenvalue weighted by atomic mass is 10.1. The minimum absolute atomic E-state index is 0.126. The van der Waals surface area contributed by atoms with E-state index in [0.717, 1.165) is 5.56 Å².